The van der Waals surface area contributed by atoms with Crippen molar-refractivity contribution in [3.63, 3.8) is 0 Å². The number of anilines is 1. The summed E-state index contributed by atoms with van der Waals surface area (Å²) < 4.78 is 0. The van der Waals surface area contributed by atoms with Crippen LogP contribution in [-0.2, 0) is 4.79 Å². The van der Waals surface area contributed by atoms with E-state index in [1.807, 2.05) is 17.0 Å². The molecule has 5 heteroatoms. The van der Waals surface area contributed by atoms with Gasteiger partial charge in [-0.15, -0.1) is 0 Å². The molecule has 0 saturated carbocycles. The lowest BCUT2D eigenvalue weighted by atomic mass is 10.1. The smallest absolute Gasteiger partial charge is 0.239 e. The van der Waals surface area contributed by atoms with Gasteiger partial charge in [-0.2, -0.15) is 0 Å². The molecule has 0 aliphatic carbocycles. The number of carbonyl (C=O) groups excluding carboxylic acids is 1. The van der Waals surface area contributed by atoms with E-state index < -0.39 is 6.10 Å². The average molecular weight is 269 g/mol. The molecule has 18 heavy (non-hydrogen) atoms. The van der Waals surface area contributed by atoms with Crippen molar-refractivity contribution in [3.05, 3.63) is 28.8 Å². The maximum Gasteiger partial charge on any atom is 0.239 e. The lowest BCUT2D eigenvalue weighted by Crippen LogP contribution is -2.33. The van der Waals surface area contributed by atoms with Gasteiger partial charge in [0.2, 0.25) is 5.91 Å². The zero-order chi connectivity index (χ0) is 13.1. The van der Waals surface area contributed by atoms with Gasteiger partial charge in [0, 0.05) is 13.1 Å². The fourth-order valence-corrected chi connectivity index (χ4v) is 2.36. The summed E-state index contributed by atoms with van der Waals surface area (Å²) in [4.78, 5) is 13.5. The molecule has 1 amide bonds. The molecule has 0 radical (unpaired) electrons. The number of aliphatic hydroxyl groups excluding tert-OH is 1. The van der Waals surface area contributed by atoms with E-state index >= 15 is 0 Å². The van der Waals surface area contributed by atoms with Crippen molar-refractivity contribution in [2.45, 2.75) is 19.4 Å². The number of rotatable bonds is 2. The Hall–Kier alpha value is -1.26. The number of aliphatic hydroxyl groups is 1. The monoisotopic (exact) mass is 268 g/mol. The zero-order valence-electron chi connectivity index (χ0n) is 10.3. The van der Waals surface area contributed by atoms with E-state index in [2.05, 4.69) is 5.32 Å². The first kappa shape index (κ1) is 13.2. The third-order valence-corrected chi connectivity index (χ3v) is 3.36. The number of nitrogens with one attached hydrogen (secondary N) is 1. The summed E-state index contributed by atoms with van der Waals surface area (Å²) in [5, 5.41) is 12.9. The lowest BCUT2D eigenvalue weighted by Gasteiger charge is -2.23. The molecule has 98 valence electrons. The van der Waals surface area contributed by atoms with E-state index in [0.717, 1.165) is 24.2 Å². The van der Waals surface area contributed by atoms with E-state index in [0.29, 0.717) is 18.1 Å². The van der Waals surface area contributed by atoms with Crippen LogP contribution in [0.4, 0.5) is 5.69 Å². The van der Waals surface area contributed by atoms with Crippen LogP contribution in [0.25, 0.3) is 0 Å². The van der Waals surface area contributed by atoms with Crippen LogP contribution in [0.1, 0.15) is 25.0 Å². The van der Waals surface area contributed by atoms with Gasteiger partial charge in [0.1, 0.15) is 0 Å². The molecule has 1 aliphatic heterocycles. The second kappa shape index (κ2) is 5.59. The van der Waals surface area contributed by atoms with Crippen molar-refractivity contribution in [1.82, 2.24) is 5.32 Å². The summed E-state index contributed by atoms with van der Waals surface area (Å²) in [6, 6.07) is 5.46. The third-order valence-electron chi connectivity index (χ3n) is 3.06. The fourth-order valence-electron chi connectivity index (χ4n) is 2.05. The van der Waals surface area contributed by atoms with Gasteiger partial charge in [0.15, 0.2) is 0 Å². The number of nitrogens with zero attached hydrogens (tertiary/aromatic N) is 1. The second-order valence-corrected chi connectivity index (χ2v) is 4.92. The molecular formula is C13H17ClN2O2. The molecule has 1 heterocycles. The van der Waals surface area contributed by atoms with Crippen LogP contribution in [0.15, 0.2) is 18.2 Å². The maximum atomic E-state index is 11.5. The number of carbonyl (C=O) groups is 1. The minimum absolute atomic E-state index is 0.0168. The van der Waals surface area contributed by atoms with Crippen LogP contribution in [-0.4, -0.2) is 30.6 Å². The summed E-state index contributed by atoms with van der Waals surface area (Å²) in [6.07, 6.45) is 0.365. The SMILES string of the molecule is C[C@@H](O)c1ccc(N2CCCNC(=O)C2)c(Cl)c1. The Labute approximate surface area is 112 Å². The zero-order valence-corrected chi connectivity index (χ0v) is 11.1. The molecule has 1 aromatic carbocycles. The van der Waals surface area contributed by atoms with E-state index in [1.54, 1.807) is 13.0 Å². The molecule has 0 spiro atoms. The van der Waals surface area contributed by atoms with Crippen LogP contribution in [0.5, 0.6) is 0 Å². The van der Waals surface area contributed by atoms with Crippen LogP contribution >= 0.6 is 11.6 Å². The van der Waals surface area contributed by atoms with Crippen LogP contribution in [0.3, 0.4) is 0 Å². The number of benzene rings is 1. The van der Waals surface area contributed by atoms with Crippen molar-refractivity contribution in [3.8, 4) is 0 Å². The standard InChI is InChI=1S/C13H17ClN2O2/c1-9(17)10-3-4-12(11(14)7-10)16-6-2-5-15-13(18)8-16/h3-4,7,9,17H,2,5-6,8H2,1H3,(H,15,18)/t9-/m1/s1. The predicted molar refractivity (Wildman–Crippen MR) is 71.9 cm³/mol. The predicted octanol–water partition coefficient (Wildman–Crippen LogP) is 1.72. The minimum atomic E-state index is -0.538. The molecule has 4 nitrogen and oxygen atoms in total. The Morgan fingerprint density at radius 3 is 2.94 bits per heavy atom. The van der Waals surface area contributed by atoms with E-state index in [4.69, 9.17) is 11.6 Å². The highest BCUT2D eigenvalue weighted by atomic mass is 35.5. The molecule has 1 aliphatic rings. The van der Waals surface area contributed by atoms with Gasteiger partial charge in [-0.25, -0.2) is 0 Å². The second-order valence-electron chi connectivity index (χ2n) is 4.51. The van der Waals surface area contributed by atoms with Crippen LogP contribution in [0.2, 0.25) is 5.02 Å². The molecule has 2 N–H and O–H groups in total. The van der Waals surface area contributed by atoms with Gasteiger partial charge in [-0.05, 0) is 31.0 Å². The van der Waals surface area contributed by atoms with Crippen molar-refractivity contribution in [2.75, 3.05) is 24.5 Å². The molecule has 1 saturated heterocycles. The maximum absolute atomic E-state index is 11.5. The molecule has 0 aromatic heterocycles. The van der Waals surface area contributed by atoms with Crippen molar-refractivity contribution < 1.29 is 9.90 Å². The summed E-state index contributed by atoms with van der Waals surface area (Å²) >= 11 is 6.22. The largest absolute Gasteiger partial charge is 0.389 e. The van der Waals surface area contributed by atoms with Gasteiger partial charge in [-0.3, -0.25) is 4.79 Å². The highest BCUT2D eigenvalue weighted by Crippen LogP contribution is 2.29. The normalized spacial score (nSPS) is 18.2. The quantitative estimate of drug-likeness (QED) is 0.859. The Kier molecular flexibility index (Phi) is 4.09. The van der Waals surface area contributed by atoms with Crippen LogP contribution in [0, 0.1) is 0 Å². The van der Waals surface area contributed by atoms with Crippen molar-refractivity contribution in [2.24, 2.45) is 0 Å². The third kappa shape index (κ3) is 2.94. The molecule has 2 rings (SSSR count). The van der Waals surface area contributed by atoms with Gasteiger partial charge < -0.3 is 15.3 Å². The number of hydrogen-bond acceptors (Lipinski definition) is 3. The lowest BCUT2D eigenvalue weighted by molar-refractivity contribution is -0.119. The van der Waals surface area contributed by atoms with E-state index in [-0.39, 0.29) is 5.91 Å². The van der Waals surface area contributed by atoms with Gasteiger partial charge in [-0.1, -0.05) is 17.7 Å². The number of hydrogen-bond donors (Lipinski definition) is 2. The highest BCUT2D eigenvalue weighted by Gasteiger charge is 2.17. The Bertz CT molecular complexity index is 449. The first-order chi connectivity index (χ1) is 8.58. The van der Waals surface area contributed by atoms with Crippen molar-refractivity contribution >= 4 is 23.2 Å². The molecule has 0 bridgehead atoms. The first-order valence-corrected chi connectivity index (χ1v) is 6.45. The fraction of sp³-hybridized carbons (Fsp3) is 0.462. The number of halogens is 1. The van der Waals surface area contributed by atoms with Crippen LogP contribution < -0.4 is 10.2 Å². The van der Waals surface area contributed by atoms with Crippen molar-refractivity contribution in [1.29, 1.82) is 0 Å². The first-order valence-electron chi connectivity index (χ1n) is 6.07. The van der Waals surface area contributed by atoms with Gasteiger partial charge >= 0.3 is 0 Å². The minimum Gasteiger partial charge on any atom is -0.389 e. The molecule has 1 atom stereocenters. The average Bonchev–Trinajstić information content (AvgIpc) is 2.53. The molecule has 1 fully saturated rings. The number of amides is 1. The Morgan fingerprint density at radius 2 is 2.28 bits per heavy atom. The summed E-state index contributed by atoms with van der Waals surface area (Å²) in [6.45, 7) is 3.53. The van der Waals surface area contributed by atoms with E-state index in [1.165, 1.54) is 0 Å². The van der Waals surface area contributed by atoms with Gasteiger partial charge in [0.25, 0.3) is 0 Å². The highest BCUT2D eigenvalue weighted by molar-refractivity contribution is 6.33. The summed E-state index contributed by atoms with van der Waals surface area (Å²) in [5.41, 5.74) is 1.63. The molecule has 1 aromatic rings. The summed E-state index contributed by atoms with van der Waals surface area (Å²) in [5.74, 6) is 0.0168. The van der Waals surface area contributed by atoms with Gasteiger partial charge in [0.05, 0.1) is 23.4 Å². The van der Waals surface area contributed by atoms with E-state index in [9.17, 15) is 9.90 Å². The Morgan fingerprint density at radius 1 is 1.50 bits per heavy atom. The Balaban J connectivity index is 2.24. The topological polar surface area (TPSA) is 52.6 Å². The summed E-state index contributed by atoms with van der Waals surface area (Å²) in [7, 11) is 0. The molecule has 0 unspecified atom stereocenters. The molecular weight excluding hydrogens is 252 g/mol.